The Morgan fingerprint density at radius 3 is 2.05 bits per heavy atom. The number of piperidine rings is 1. The van der Waals surface area contributed by atoms with Crippen LogP contribution in [0.15, 0.2) is 12.1 Å². The molecule has 2 aliphatic rings. The molecule has 4 nitrogen and oxygen atoms in total. The third-order valence-corrected chi connectivity index (χ3v) is 4.49. The van der Waals surface area contributed by atoms with Gasteiger partial charge in [-0.15, -0.1) is 0 Å². The van der Waals surface area contributed by atoms with Gasteiger partial charge in [0.2, 0.25) is 0 Å². The number of nitrogens with zero attached hydrogens (tertiary/aromatic N) is 1. The van der Waals surface area contributed by atoms with Crippen LogP contribution in [0.25, 0.3) is 0 Å². The Hall–Kier alpha value is -1.68. The van der Waals surface area contributed by atoms with Crippen molar-refractivity contribution >= 4 is 11.8 Å². The molecule has 1 aromatic rings. The maximum atomic E-state index is 12.6. The molecule has 2 amide bonds. The van der Waals surface area contributed by atoms with E-state index in [2.05, 4.69) is 12.2 Å². The molecule has 1 saturated heterocycles. The highest BCUT2D eigenvalue weighted by Crippen LogP contribution is 2.31. The maximum absolute atomic E-state index is 12.6. The van der Waals surface area contributed by atoms with Gasteiger partial charge in [0.05, 0.1) is 17.2 Å². The van der Waals surface area contributed by atoms with Gasteiger partial charge in [0.25, 0.3) is 11.8 Å². The number of hydrogen-bond donors (Lipinski definition) is 1. The van der Waals surface area contributed by atoms with Crippen molar-refractivity contribution < 1.29 is 9.59 Å². The average molecular weight is 272 g/mol. The summed E-state index contributed by atoms with van der Waals surface area (Å²) in [7, 11) is 0. The normalized spacial score (nSPS) is 26.1. The van der Waals surface area contributed by atoms with E-state index in [0.29, 0.717) is 23.7 Å². The lowest BCUT2D eigenvalue weighted by Gasteiger charge is -2.33. The predicted octanol–water partition coefficient (Wildman–Crippen LogP) is 2.04. The molecular weight excluding hydrogens is 252 g/mol. The van der Waals surface area contributed by atoms with Crippen LogP contribution in [0.3, 0.4) is 0 Å². The van der Waals surface area contributed by atoms with Crippen LogP contribution in [0.4, 0.5) is 0 Å². The molecule has 2 atom stereocenters. The van der Waals surface area contributed by atoms with E-state index in [0.717, 1.165) is 24.0 Å². The van der Waals surface area contributed by atoms with Crippen molar-refractivity contribution in [3.8, 4) is 0 Å². The first-order valence-corrected chi connectivity index (χ1v) is 7.22. The molecule has 1 aromatic carbocycles. The summed E-state index contributed by atoms with van der Waals surface area (Å²) in [6.45, 7) is 6.62. The van der Waals surface area contributed by atoms with E-state index in [4.69, 9.17) is 0 Å². The number of amides is 2. The second-order valence-electron chi connectivity index (χ2n) is 5.97. The summed E-state index contributed by atoms with van der Waals surface area (Å²) in [4.78, 5) is 26.8. The van der Waals surface area contributed by atoms with Gasteiger partial charge in [-0.2, -0.15) is 0 Å². The molecule has 0 saturated carbocycles. The lowest BCUT2D eigenvalue weighted by Crippen LogP contribution is -2.51. The highest BCUT2D eigenvalue weighted by atomic mass is 16.2. The van der Waals surface area contributed by atoms with Crippen LogP contribution in [-0.4, -0.2) is 35.3 Å². The first-order chi connectivity index (χ1) is 9.50. The number of nitrogens with one attached hydrogen (secondary N) is 1. The Morgan fingerprint density at radius 1 is 1.05 bits per heavy atom. The summed E-state index contributed by atoms with van der Waals surface area (Å²) in [6, 6.07) is 4.29. The average Bonchev–Trinajstić information content (AvgIpc) is 2.69. The Balaban J connectivity index is 1.98. The number of aryl methyl sites for hydroxylation is 2. The van der Waals surface area contributed by atoms with Gasteiger partial charge >= 0.3 is 0 Å². The zero-order valence-corrected chi connectivity index (χ0v) is 12.2. The highest BCUT2D eigenvalue weighted by molar-refractivity contribution is 6.22. The van der Waals surface area contributed by atoms with Gasteiger partial charge in [0.15, 0.2) is 0 Å². The topological polar surface area (TPSA) is 49.4 Å². The van der Waals surface area contributed by atoms with E-state index in [-0.39, 0.29) is 17.9 Å². The van der Waals surface area contributed by atoms with Crippen molar-refractivity contribution in [1.82, 2.24) is 10.2 Å². The van der Waals surface area contributed by atoms with Gasteiger partial charge in [0.1, 0.15) is 0 Å². The van der Waals surface area contributed by atoms with Crippen LogP contribution in [0, 0.1) is 13.8 Å². The fourth-order valence-electron chi connectivity index (χ4n) is 3.23. The van der Waals surface area contributed by atoms with Crippen molar-refractivity contribution in [2.24, 2.45) is 0 Å². The summed E-state index contributed by atoms with van der Waals surface area (Å²) in [5, 5.41) is 3.36. The number of rotatable bonds is 1. The summed E-state index contributed by atoms with van der Waals surface area (Å²) < 4.78 is 0. The monoisotopic (exact) mass is 272 g/mol. The predicted molar refractivity (Wildman–Crippen MR) is 76.9 cm³/mol. The van der Waals surface area contributed by atoms with E-state index in [9.17, 15) is 9.59 Å². The zero-order chi connectivity index (χ0) is 14.4. The van der Waals surface area contributed by atoms with Crippen molar-refractivity contribution in [1.29, 1.82) is 0 Å². The quantitative estimate of drug-likeness (QED) is 0.796. The van der Waals surface area contributed by atoms with Crippen molar-refractivity contribution in [3.05, 3.63) is 34.4 Å². The van der Waals surface area contributed by atoms with Crippen LogP contribution in [-0.2, 0) is 0 Å². The van der Waals surface area contributed by atoms with Gasteiger partial charge in [-0.3, -0.25) is 14.5 Å². The third kappa shape index (κ3) is 1.86. The number of fused-ring (bicyclic) bond motifs is 1. The summed E-state index contributed by atoms with van der Waals surface area (Å²) in [6.07, 6.45) is 1.88. The minimum absolute atomic E-state index is 0.0163. The van der Waals surface area contributed by atoms with Crippen LogP contribution in [0.2, 0.25) is 0 Å². The fourth-order valence-corrected chi connectivity index (χ4v) is 3.23. The smallest absolute Gasteiger partial charge is 0.262 e. The van der Waals surface area contributed by atoms with E-state index >= 15 is 0 Å². The van der Waals surface area contributed by atoms with Gasteiger partial charge in [-0.1, -0.05) is 12.1 Å². The SMILES string of the molecule is Cc1ccc(C)c2c1C(=O)N(C1CCC(C)NC1)C2=O. The molecule has 0 spiro atoms. The van der Waals surface area contributed by atoms with Gasteiger partial charge < -0.3 is 5.32 Å². The maximum Gasteiger partial charge on any atom is 0.262 e. The molecule has 3 rings (SSSR count). The molecule has 2 heterocycles. The third-order valence-electron chi connectivity index (χ3n) is 4.49. The largest absolute Gasteiger partial charge is 0.312 e. The minimum atomic E-state index is -0.118. The van der Waals surface area contributed by atoms with Crippen LogP contribution in [0.1, 0.15) is 51.6 Å². The zero-order valence-electron chi connectivity index (χ0n) is 12.2. The molecule has 1 fully saturated rings. The molecule has 2 aliphatic heterocycles. The first kappa shape index (κ1) is 13.3. The molecule has 4 heteroatoms. The first-order valence-electron chi connectivity index (χ1n) is 7.22. The lowest BCUT2D eigenvalue weighted by molar-refractivity contribution is 0.0550. The Bertz CT molecular complexity index is 545. The molecule has 2 unspecified atom stereocenters. The number of benzene rings is 1. The van der Waals surface area contributed by atoms with Crippen molar-refractivity contribution in [2.45, 2.75) is 45.7 Å². The Labute approximate surface area is 119 Å². The van der Waals surface area contributed by atoms with Crippen LogP contribution >= 0.6 is 0 Å². The second-order valence-corrected chi connectivity index (χ2v) is 5.97. The molecular formula is C16H20N2O2. The molecule has 106 valence electrons. The molecule has 1 N–H and O–H groups in total. The fraction of sp³-hybridized carbons (Fsp3) is 0.500. The van der Waals surface area contributed by atoms with E-state index < -0.39 is 0 Å². The molecule has 0 aromatic heterocycles. The number of carbonyl (C=O) groups excluding carboxylic acids is 2. The standard InChI is InChI=1S/C16H20N2O2/c1-9-4-5-10(2)14-13(9)15(19)18(16(14)20)12-7-6-11(3)17-8-12/h4-5,11-12,17H,6-8H2,1-3H3. The summed E-state index contributed by atoms with van der Waals surface area (Å²) >= 11 is 0. The minimum Gasteiger partial charge on any atom is -0.312 e. The Morgan fingerprint density at radius 2 is 1.60 bits per heavy atom. The number of imide groups is 1. The highest BCUT2D eigenvalue weighted by Gasteiger charge is 2.42. The molecule has 0 bridgehead atoms. The molecule has 20 heavy (non-hydrogen) atoms. The van der Waals surface area contributed by atoms with Crippen molar-refractivity contribution in [2.75, 3.05) is 6.54 Å². The molecule has 0 radical (unpaired) electrons. The van der Waals surface area contributed by atoms with Crippen LogP contribution in [0.5, 0.6) is 0 Å². The number of hydrogen-bond acceptors (Lipinski definition) is 3. The summed E-state index contributed by atoms with van der Waals surface area (Å²) in [5.74, 6) is -0.236. The van der Waals surface area contributed by atoms with E-state index in [1.165, 1.54) is 4.90 Å². The van der Waals surface area contributed by atoms with Crippen LogP contribution < -0.4 is 5.32 Å². The second kappa shape index (κ2) is 4.70. The van der Waals surface area contributed by atoms with E-state index in [1.807, 2.05) is 26.0 Å². The lowest BCUT2D eigenvalue weighted by atomic mass is 9.99. The summed E-state index contributed by atoms with van der Waals surface area (Å²) in [5.41, 5.74) is 2.99. The number of carbonyl (C=O) groups is 2. The van der Waals surface area contributed by atoms with Gasteiger partial charge in [-0.25, -0.2) is 0 Å². The van der Waals surface area contributed by atoms with E-state index in [1.54, 1.807) is 0 Å². The van der Waals surface area contributed by atoms with Gasteiger partial charge in [-0.05, 0) is 44.7 Å². The molecule has 0 aliphatic carbocycles. The van der Waals surface area contributed by atoms with Gasteiger partial charge in [0, 0.05) is 12.6 Å². The Kier molecular flexibility index (Phi) is 3.13. The van der Waals surface area contributed by atoms with Crippen molar-refractivity contribution in [3.63, 3.8) is 0 Å².